The van der Waals surface area contributed by atoms with Gasteiger partial charge in [-0.25, -0.2) is 9.78 Å². The minimum Gasteiger partial charge on any atom is -0.480 e. The lowest BCUT2D eigenvalue weighted by Crippen LogP contribution is -2.24. The Morgan fingerprint density at radius 1 is 1.04 bits per heavy atom. The van der Waals surface area contributed by atoms with E-state index in [0.717, 1.165) is 0 Å². The van der Waals surface area contributed by atoms with Crippen molar-refractivity contribution < 1.29 is 19.1 Å². The Hall–Kier alpha value is -1.73. The van der Waals surface area contributed by atoms with Crippen LogP contribution in [0.3, 0.4) is 0 Å². The van der Waals surface area contributed by atoms with Crippen LogP contribution in [0.15, 0.2) is 24.3 Å². The zero-order valence-corrected chi connectivity index (χ0v) is 16.3. The molecule has 2 aromatic rings. The van der Waals surface area contributed by atoms with Gasteiger partial charge in [0, 0.05) is 5.02 Å². The molecule has 0 bridgehead atoms. The Morgan fingerprint density at radius 3 is 2.46 bits per heavy atom. The summed E-state index contributed by atoms with van der Waals surface area (Å²) < 4.78 is 10.0. The van der Waals surface area contributed by atoms with E-state index in [9.17, 15) is 9.59 Å². The Kier molecular flexibility index (Phi) is 7.34. The Morgan fingerprint density at radius 2 is 1.77 bits per heavy atom. The number of nitrogens with one attached hydrogen (secondary N) is 1. The first kappa shape index (κ1) is 20.6. The van der Waals surface area contributed by atoms with Gasteiger partial charge < -0.3 is 14.8 Å². The van der Waals surface area contributed by atoms with Crippen molar-refractivity contribution in [3.05, 3.63) is 50.0 Å². The average molecular weight is 438 g/mol. The van der Waals surface area contributed by atoms with E-state index < -0.39 is 25.1 Å². The third-order valence-electron chi connectivity index (χ3n) is 2.97. The number of nitrogens with zero attached hydrogens (tertiary/aromatic N) is 1. The molecule has 0 radical (unpaired) electrons. The number of benzene rings is 1. The molecule has 0 spiro atoms. The third kappa shape index (κ3) is 5.92. The van der Waals surface area contributed by atoms with Crippen LogP contribution < -0.4 is 10.1 Å². The maximum Gasteiger partial charge on any atom is 0.344 e. The van der Waals surface area contributed by atoms with E-state index in [2.05, 4.69) is 10.3 Å². The number of hydrogen-bond acceptors (Lipinski definition) is 5. The Labute approximate surface area is 169 Å². The molecular formula is C16H12Cl4N2O4. The minimum absolute atomic E-state index is 0.124. The molecule has 1 amide bonds. The van der Waals surface area contributed by atoms with Gasteiger partial charge in [-0.2, -0.15) is 0 Å². The number of anilines is 1. The summed E-state index contributed by atoms with van der Waals surface area (Å²) in [6, 6.07) is 6.01. The topological polar surface area (TPSA) is 77.5 Å². The van der Waals surface area contributed by atoms with E-state index in [4.69, 9.17) is 55.9 Å². The van der Waals surface area contributed by atoms with Crippen molar-refractivity contribution in [1.29, 1.82) is 0 Å². The first-order valence-corrected chi connectivity index (χ1v) is 8.63. The second kappa shape index (κ2) is 9.28. The number of halogens is 4. The fourth-order valence-electron chi connectivity index (χ4n) is 1.73. The first-order chi connectivity index (χ1) is 12.3. The van der Waals surface area contributed by atoms with Crippen LogP contribution in [0.2, 0.25) is 20.1 Å². The lowest BCUT2D eigenvalue weighted by Gasteiger charge is -2.10. The van der Waals surface area contributed by atoms with Crippen LogP contribution in [-0.4, -0.2) is 30.1 Å². The second-order valence-electron chi connectivity index (χ2n) is 4.96. The van der Waals surface area contributed by atoms with E-state index in [1.807, 2.05) is 0 Å². The highest BCUT2D eigenvalue weighted by Crippen LogP contribution is 2.27. The second-order valence-corrected chi connectivity index (χ2v) is 6.62. The normalized spacial score (nSPS) is 10.3. The standard InChI is InChI=1S/C16H12Cl4N2O4/c1-8-10(18)5-12(20)16(21-8)22-14(23)6-26-15(24)7-25-13-3-2-9(17)4-11(13)19/h2-5H,6-7H2,1H3,(H,21,22,23). The molecule has 0 atom stereocenters. The molecule has 1 heterocycles. The SMILES string of the molecule is Cc1nc(NC(=O)COC(=O)COc2ccc(Cl)cc2Cl)c(Cl)cc1Cl. The van der Waals surface area contributed by atoms with Crippen LogP contribution in [0, 0.1) is 6.92 Å². The van der Waals surface area contributed by atoms with E-state index in [0.29, 0.717) is 15.7 Å². The molecule has 0 saturated carbocycles. The van der Waals surface area contributed by atoms with Crippen molar-refractivity contribution in [2.24, 2.45) is 0 Å². The summed E-state index contributed by atoms with van der Waals surface area (Å²) in [5.74, 6) is -0.972. The Bertz CT molecular complexity index is 845. The number of aromatic nitrogens is 1. The van der Waals surface area contributed by atoms with Gasteiger partial charge in [0.1, 0.15) is 5.75 Å². The van der Waals surface area contributed by atoms with E-state index in [1.54, 1.807) is 13.0 Å². The van der Waals surface area contributed by atoms with Gasteiger partial charge in [-0.1, -0.05) is 46.4 Å². The molecule has 10 heteroatoms. The van der Waals surface area contributed by atoms with Gasteiger partial charge in [-0.3, -0.25) is 4.79 Å². The van der Waals surface area contributed by atoms with Gasteiger partial charge in [-0.05, 0) is 31.2 Å². The maximum absolute atomic E-state index is 11.8. The molecule has 138 valence electrons. The van der Waals surface area contributed by atoms with Crippen LogP contribution in [0.25, 0.3) is 0 Å². The molecule has 1 aromatic heterocycles. The summed E-state index contributed by atoms with van der Waals surface area (Å²) in [6.45, 7) is 0.706. The number of hydrogen-bond donors (Lipinski definition) is 1. The predicted octanol–water partition coefficient (Wildman–Crippen LogP) is 4.56. The van der Waals surface area contributed by atoms with Crippen LogP contribution in [0.5, 0.6) is 5.75 Å². The minimum atomic E-state index is -0.752. The number of esters is 1. The van der Waals surface area contributed by atoms with Gasteiger partial charge >= 0.3 is 5.97 Å². The lowest BCUT2D eigenvalue weighted by molar-refractivity contribution is -0.149. The summed E-state index contributed by atoms with van der Waals surface area (Å²) in [5, 5.41) is 3.66. The number of carbonyl (C=O) groups is 2. The van der Waals surface area contributed by atoms with E-state index in [1.165, 1.54) is 18.2 Å². The molecule has 1 N–H and O–H groups in total. The van der Waals surface area contributed by atoms with Crippen LogP contribution >= 0.6 is 46.4 Å². The van der Waals surface area contributed by atoms with E-state index >= 15 is 0 Å². The molecule has 0 aliphatic heterocycles. The van der Waals surface area contributed by atoms with Crippen LogP contribution in [0.4, 0.5) is 5.82 Å². The molecule has 0 saturated heterocycles. The van der Waals surface area contributed by atoms with Crippen LogP contribution in [0.1, 0.15) is 5.69 Å². The molecule has 0 aliphatic carbocycles. The summed E-state index contributed by atoms with van der Waals surface area (Å²) in [4.78, 5) is 27.5. The summed E-state index contributed by atoms with van der Waals surface area (Å²) >= 11 is 23.5. The van der Waals surface area contributed by atoms with Gasteiger partial charge in [0.25, 0.3) is 5.91 Å². The molecule has 2 rings (SSSR count). The van der Waals surface area contributed by atoms with Crippen molar-refractivity contribution in [2.75, 3.05) is 18.5 Å². The van der Waals surface area contributed by atoms with Crippen molar-refractivity contribution >= 4 is 64.1 Å². The van der Waals surface area contributed by atoms with Crippen molar-refractivity contribution in [1.82, 2.24) is 4.98 Å². The number of amides is 1. The van der Waals surface area contributed by atoms with Gasteiger partial charge in [-0.15, -0.1) is 0 Å². The quantitative estimate of drug-likeness (QED) is 0.670. The fraction of sp³-hybridized carbons (Fsp3) is 0.188. The maximum atomic E-state index is 11.8. The molecule has 1 aromatic carbocycles. The van der Waals surface area contributed by atoms with Crippen molar-refractivity contribution in [3.63, 3.8) is 0 Å². The zero-order valence-electron chi connectivity index (χ0n) is 13.3. The molecular weight excluding hydrogens is 426 g/mol. The molecule has 0 unspecified atom stereocenters. The first-order valence-electron chi connectivity index (χ1n) is 7.12. The largest absolute Gasteiger partial charge is 0.480 e. The van der Waals surface area contributed by atoms with Crippen LogP contribution in [-0.2, 0) is 14.3 Å². The third-order valence-corrected chi connectivity index (χ3v) is 4.17. The highest BCUT2D eigenvalue weighted by atomic mass is 35.5. The van der Waals surface area contributed by atoms with E-state index in [-0.39, 0.29) is 21.6 Å². The number of rotatable bonds is 6. The molecule has 6 nitrogen and oxygen atoms in total. The van der Waals surface area contributed by atoms with Gasteiger partial charge in [0.05, 0.1) is 20.8 Å². The molecule has 0 aliphatic rings. The summed E-state index contributed by atoms with van der Waals surface area (Å²) in [5.41, 5.74) is 0.497. The predicted molar refractivity (Wildman–Crippen MR) is 101 cm³/mol. The molecule has 26 heavy (non-hydrogen) atoms. The highest BCUT2D eigenvalue weighted by Gasteiger charge is 2.13. The summed E-state index contributed by atoms with van der Waals surface area (Å²) in [7, 11) is 0. The van der Waals surface area contributed by atoms with Crippen molar-refractivity contribution in [2.45, 2.75) is 6.92 Å². The van der Waals surface area contributed by atoms with Gasteiger partial charge in [0.2, 0.25) is 0 Å². The number of ether oxygens (including phenoxy) is 2. The number of carbonyl (C=O) groups excluding carboxylic acids is 2. The number of pyridine rings is 1. The highest BCUT2D eigenvalue weighted by molar-refractivity contribution is 6.36. The monoisotopic (exact) mass is 436 g/mol. The summed E-state index contributed by atoms with van der Waals surface area (Å²) in [6.07, 6.45) is 0. The number of aryl methyl sites for hydroxylation is 1. The Balaban J connectivity index is 1.81. The average Bonchev–Trinajstić information content (AvgIpc) is 2.57. The van der Waals surface area contributed by atoms with Gasteiger partial charge in [0.15, 0.2) is 19.0 Å². The molecule has 0 fully saturated rings. The van der Waals surface area contributed by atoms with Crippen molar-refractivity contribution in [3.8, 4) is 5.75 Å². The fourth-order valence-corrected chi connectivity index (χ4v) is 2.60. The smallest absolute Gasteiger partial charge is 0.344 e. The zero-order chi connectivity index (χ0) is 19.3. The lowest BCUT2D eigenvalue weighted by atomic mass is 10.3.